The number of aromatic amines is 1. The molecule has 2 aromatic rings. The summed E-state index contributed by atoms with van der Waals surface area (Å²) < 4.78 is 6.27. The van der Waals surface area contributed by atoms with Crippen molar-refractivity contribution in [1.82, 2.24) is 29.4 Å². The minimum Gasteiger partial charge on any atom is -0.385 e. The van der Waals surface area contributed by atoms with Crippen LogP contribution < -0.4 is 5.56 Å². The number of likely N-dealkylation sites (tertiary alicyclic amines) is 2. The molecule has 4 heterocycles. The van der Waals surface area contributed by atoms with Gasteiger partial charge < -0.3 is 14.5 Å². The van der Waals surface area contributed by atoms with E-state index in [1.165, 1.54) is 17.0 Å². The molecule has 2 aliphatic rings. The van der Waals surface area contributed by atoms with Crippen molar-refractivity contribution in [2.75, 3.05) is 39.9 Å². The first kappa shape index (κ1) is 19.6. The first-order chi connectivity index (χ1) is 14.0. The Kier molecular flexibility index (Phi) is 5.35. The van der Waals surface area contributed by atoms with Gasteiger partial charge in [0.15, 0.2) is 0 Å². The van der Waals surface area contributed by atoms with Crippen LogP contribution >= 0.6 is 0 Å². The zero-order valence-corrected chi connectivity index (χ0v) is 16.6. The first-order valence-corrected chi connectivity index (χ1v) is 10.0. The number of aromatic nitrogens is 4. The second-order valence-electron chi connectivity index (χ2n) is 7.95. The molecular formula is C19H26N6O4. The number of nitrogens with zero attached hydrogens (tertiary/aromatic N) is 5. The largest absolute Gasteiger partial charge is 0.385 e. The Morgan fingerprint density at radius 3 is 2.79 bits per heavy atom. The van der Waals surface area contributed by atoms with Crippen molar-refractivity contribution in [3.63, 3.8) is 0 Å². The SMILES string of the molecule is COCCCN1CC2(CCC1=O)CCN(C(=O)c1cnc3nc[nH]n3c1=O)CC2. The molecule has 0 unspecified atom stereocenters. The summed E-state index contributed by atoms with van der Waals surface area (Å²) in [7, 11) is 1.66. The molecule has 0 saturated carbocycles. The van der Waals surface area contributed by atoms with Gasteiger partial charge in [-0.1, -0.05) is 0 Å². The number of hydrogen-bond donors (Lipinski definition) is 1. The van der Waals surface area contributed by atoms with Gasteiger partial charge in [-0.2, -0.15) is 4.52 Å². The summed E-state index contributed by atoms with van der Waals surface area (Å²) in [6.45, 7) is 3.24. The third kappa shape index (κ3) is 3.76. The third-order valence-electron chi connectivity index (χ3n) is 6.18. The summed E-state index contributed by atoms with van der Waals surface area (Å²) in [5.74, 6) is 0.145. The number of nitrogens with one attached hydrogen (secondary N) is 1. The lowest BCUT2D eigenvalue weighted by Crippen LogP contribution is -2.53. The minimum atomic E-state index is -0.439. The Morgan fingerprint density at radius 2 is 2.03 bits per heavy atom. The Hall–Kier alpha value is -2.75. The number of ether oxygens (including phenoxy) is 1. The van der Waals surface area contributed by atoms with Gasteiger partial charge in [-0.15, -0.1) is 0 Å². The summed E-state index contributed by atoms with van der Waals surface area (Å²) >= 11 is 0. The quantitative estimate of drug-likeness (QED) is 0.720. The maximum absolute atomic E-state index is 12.9. The van der Waals surface area contributed by atoms with E-state index in [2.05, 4.69) is 15.1 Å². The molecule has 0 aliphatic carbocycles. The van der Waals surface area contributed by atoms with E-state index in [1.807, 2.05) is 4.90 Å². The molecule has 4 rings (SSSR count). The summed E-state index contributed by atoms with van der Waals surface area (Å²) in [6, 6.07) is 0. The van der Waals surface area contributed by atoms with Crippen LogP contribution in [0.1, 0.15) is 42.5 Å². The van der Waals surface area contributed by atoms with Gasteiger partial charge >= 0.3 is 0 Å². The molecule has 0 atom stereocenters. The lowest BCUT2D eigenvalue weighted by atomic mass is 9.72. The third-order valence-corrected chi connectivity index (χ3v) is 6.18. The fraction of sp³-hybridized carbons (Fsp3) is 0.632. The van der Waals surface area contributed by atoms with Crippen LogP contribution in [0.5, 0.6) is 0 Å². The molecule has 2 aliphatic heterocycles. The monoisotopic (exact) mass is 402 g/mol. The van der Waals surface area contributed by atoms with Crippen molar-refractivity contribution in [2.24, 2.45) is 5.41 Å². The Bertz CT molecular complexity index is 959. The molecule has 10 heteroatoms. The standard InChI is InChI=1S/C19H26N6O4/c1-29-10-2-7-24-12-19(4-3-15(24)26)5-8-23(9-6-19)16(27)14-11-20-18-21-13-22-25(18)17(14)28/h11,13H,2-10,12H2,1H3,(H,20,21,22). The first-order valence-electron chi connectivity index (χ1n) is 10.0. The molecule has 1 spiro atoms. The number of H-pyrrole nitrogens is 1. The van der Waals surface area contributed by atoms with E-state index in [0.717, 1.165) is 32.2 Å². The predicted octanol–water partition coefficient (Wildman–Crippen LogP) is 0.299. The van der Waals surface area contributed by atoms with Gasteiger partial charge in [0.2, 0.25) is 5.91 Å². The van der Waals surface area contributed by atoms with Gasteiger partial charge in [-0.25, -0.2) is 9.97 Å². The van der Waals surface area contributed by atoms with E-state index in [0.29, 0.717) is 32.7 Å². The van der Waals surface area contributed by atoms with Crippen LogP contribution in [0.25, 0.3) is 5.78 Å². The van der Waals surface area contributed by atoms with Crippen LogP contribution in [-0.2, 0) is 9.53 Å². The van der Waals surface area contributed by atoms with E-state index >= 15 is 0 Å². The summed E-state index contributed by atoms with van der Waals surface area (Å²) in [5, 5.41) is 2.68. The number of amides is 2. The van der Waals surface area contributed by atoms with Crippen LogP contribution in [0, 0.1) is 5.41 Å². The molecule has 1 N–H and O–H groups in total. The summed E-state index contributed by atoms with van der Waals surface area (Å²) in [4.78, 5) is 49.4. The number of methoxy groups -OCH3 is 1. The molecule has 2 aromatic heterocycles. The molecular weight excluding hydrogens is 376 g/mol. The molecule has 0 bridgehead atoms. The van der Waals surface area contributed by atoms with Gasteiger partial charge in [0.05, 0.1) is 0 Å². The maximum Gasteiger partial charge on any atom is 0.286 e. The smallest absolute Gasteiger partial charge is 0.286 e. The van der Waals surface area contributed by atoms with Crippen LogP contribution in [0.15, 0.2) is 17.3 Å². The van der Waals surface area contributed by atoms with E-state index in [9.17, 15) is 14.4 Å². The number of rotatable bonds is 5. The van der Waals surface area contributed by atoms with Crippen molar-refractivity contribution in [2.45, 2.75) is 32.1 Å². The molecule has 2 amide bonds. The van der Waals surface area contributed by atoms with Gasteiger partial charge in [0.1, 0.15) is 11.9 Å². The zero-order valence-electron chi connectivity index (χ0n) is 16.6. The molecule has 0 aromatic carbocycles. The normalized spacial score (nSPS) is 19.3. The Balaban J connectivity index is 1.41. The Labute approximate surface area is 167 Å². The van der Waals surface area contributed by atoms with Crippen LogP contribution in [0.4, 0.5) is 0 Å². The number of piperidine rings is 2. The van der Waals surface area contributed by atoms with E-state index < -0.39 is 5.56 Å². The van der Waals surface area contributed by atoms with Crippen molar-refractivity contribution in [1.29, 1.82) is 0 Å². The van der Waals surface area contributed by atoms with Gasteiger partial charge in [0.25, 0.3) is 17.2 Å². The maximum atomic E-state index is 12.9. The highest BCUT2D eigenvalue weighted by Gasteiger charge is 2.41. The molecule has 2 fully saturated rings. The fourth-order valence-electron chi connectivity index (χ4n) is 4.41. The molecule has 29 heavy (non-hydrogen) atoms. The zero-order chi connectivity index (χ0) is 20.4. The number of fused-ring (bicyclic) bond motifs is 1. The van der Waals surface area contributed by atoms with Crippen molar-refractivity contribution >= 4 is 17.6 Å². The van der Waals surface area contributed by atoms with E-state index in [1.54, 1.807) is 12.0 Å². The Morgan fingerprint density at radius 1 is 1.24 bits per heavy atom. The average Bonchev–Trinajstić information content (AvgIpc) is 3.21. The van der Waals surface area contributed by atoms with Gasteiger partial charge in [-0.3, -0.25) is 19.5 Å². The van der Waals surface area contributed by atoms with Crippen LogP contribution in [0.3, 0.4) is 0 Å². The molecule has 156 valence electrons. The summed E-state index contributed by atoms with van der Waals surface area (Å²) in [5.41, 5.74) is -0.341. The number of carbonyl (C=O) groups is 2. The van der Waals surface area contributed by atoms with E-state index in [-0.39, 0.29) is 28.6 Å². The van der Waals surface area contributed by atoms with Crippen molar-refractivity contribution in [3.8, 4) is 0 Å². The molecule has 10 nitrogen and oxygen atoms in total. The predicted molar refractivity (Wildman–Crippen MR) is 103 cm³/mol. The highest BCUT2D eigenvalue weighted by molar-refractivity contribution is 5.93. The molecule has 2 saturated heterocycles. The van der Waals surface area contributed by atoms with Crippen molar-refractivity contribution in [3.05, 3.63) is 28.4 Å². The van der Waals surface area contributed by atoms with Gasteiger partial charge in [0, 0.05) is 52.5 Å². The van der Waals surface area contributed by atoms with E-state index in [4.69, 9.17) is 4.74 Å². The minimum absolute atomic E-state index is 0.0442. The second-order valence-corrected chi connectivity index (χ2v) is 7.95. The number of carbonyl (C=O) groups excluding carboxylic acids is 2. The lowest BCUT2D eigenvalue weighted by molar-refractivity contribution is -0.139. The second kappa shape index (κ2) is 7.94. The topological polar surface area (TPSA) is 113 Å². The highest BCUT2D eigenvalue weighted by Crippen LogP contribution is 2.40. The highest BCUT2D eigenvalue weighted by atomic mass is 16.5. The molecule has 0 radical (unpaired) electrons. The average molecular weight is 402 g/mol. The lowest BCUT2D eigenvalue weighted by Gasteiger charge is -2.47. The van der Waals surface area contributed by atoms with Crippen molar-refractivity contribution < 1.29 is 14.3 Å². The fourth-order valence-corrected chi connectivity index (χ4v) is 4.41. The summed E-state index contributed by atoms with van der Waals surface area (Å²) in [6.07, 6.45) is 6.58. The number of hydrogen-bond acceptors (Lipinski definition) is 6. The van der Waals surface area contributed by atoms with Crippen LogP contribution in [-0.4, -0.2) is 81.1 Å². The van der Waals surface area contributed by atoms with Gasteiger partial charge in [-0.05, 0) is 31.1 Å². The van der Waals surface area contributed by atoms with Crippen LogP contribution in [0.2, 0.25) is 0 Å².